The number of phenols is 1. The summed E-state index contributed by atoms with van der Waals surface area (Å²) in [7, 11) is 2.97. The van der Waals surface area contributed by atoms with Gasteiger partial charge < -0.3 is 40.0 Å². The van der Waals surface area contributed by atoms with Crippen LogP contribution in [0.15, 0.2) is 60.8 Å². The first kappa shape index (κ1) is 31.3. The van der Waals surface area contributed by atoms with Gasteiger partial charge in [0.15, 0.2) is 34.6 Å². The number of nitrogens with zero attached hydrogens (tertiary/aromatic N) is 2. The first-order chi connectivity index (χ1) is 21.8. The predicted octanol–water partition coefficient (Wildman–Crippen LogP) is 4.33. The summed E-state index contributed by atoms with van der Waals surface area (Å²) in [6.07, 6.45) is 3.90. The third-order valence-corrected chi connectivity index (χ3v) is 7.69. The van der Waals surface area contributed by atoms with Gasteiger partial charge in [-0.1, -0.05) is 6.07 Å². The number of nitrogens with two attached hydrogens (primary N) is 1. The lowest BCUT2D eigenvalue weighted by atomic mass is 9.99. The number of primary amides is 1. The summed E-state index contributed by atoms with van der Waals surface area (Å²) in [5.41, 5.74) is 6.70. The highest BCUT2D eigenvalue weighted by Gasteiger charge is 2.23. The van der Waals surface area contributed by atoms with E-state index in [1.165, 1.54) is 25.3 Å². The molecule has 0 unspecified atom stereocenters. The zero-order valence-corrected chi connectivity index (χ0v) is 25.0. The molecule has 236 valence electrons. The van der Waals surface area contributed by atoms with Crippen LogP contribution in [0.3, 0.4) is 0 Å². The van der Waals surface area contributed by atoms with Gasteiger partial charge in [-0.05, 0) is 80.2 Å². The topological polar surface area (TPSA) is 145 Å². The molecule has 1 aliphatic rings. The van der Waals surface area contributed by atoms with Gasteiger partial charge in [0.05, 0.1) is 26.3 Å². The molecule has 0 aliphatic carbocycles. The van der Waals surface area contributed by atoms with Crippen LogP contribution in [0.1, 0.15) is 18.4 Å². The van der Waals surface area contributed by atoms with Crippen molar-refractivity contribution < 1.29 is 38.0 Å². The Morgan fingerprint density at radius 2 is 1.76 bits per heavy atom. The number of ether oxygens (including phenoxy) is 4. The fraction of sp³-hybridized carbons (Fsp3) is 0.303. The second-order valence-electron chi connectivity index (χ2n) is 10.6. The molecule has 3 aromatic carbocycles. The number of anilines is 1. The number of rotatable bonds is 11. The zero-order valence-electron chi connectivity index (χ0n) is 25.0. The Bertz CT molecular complexity index is 1690. The van der Waals surface area contributed by atoms with Gasteiger partial charge in [0.25, 0.3) is 0 Å². The molecule has 5 rings (SSSR count). The predicted molar refractivity (Wildman–Crippen MR) is 166 cm³/mol. The Morgan fingerprint density at radius 1 is 0.978 bits per heavy atom. The van der Waals surface area contributed by atoms with Gasteiger partial charge in [-0.2, -0.15) is 0 Å². The van der Waals surface area contributed by atoms with E-state index in [1.807, 2.05) is 0 Å². The number of phenolic OH excluding ortho intramolecular Hbond substituents is 1. The molecule has 12 heteroatoms. The average molecular weight is 619 g/mol. The van der Waals surface area contributed by atoms with Gasteiger partial charge >= 0.3 is 11.8 Å². The molecular formula is C33H35FN4O7. The molecule has 4 aromatic rings. The maximum atomic E-state index is 15.5. The molecule has 0 spiro atoms. The number of nitrogens with one attached hydrogen (secondary N) is 1. The van der Waals surface area contributed by atoms with Crippen molar-refractivity contribution in [3.8, 4) is 34.5 Å². The smallest absolute Gasteiger partial charge is 0.316 e. The van der Waals surface area contributed by atoms with Crippen LogP contribution in [0.25, 0.3) is 10.9 Å². The molecule has 4 N–H and O–H groups in total. The summed E-state index contributed by atoms with van der Waals surface area (Å²) in [6.45, 7) is 2.51. The second kappa shape index (κ2) is 14.1. The average Bonchev–Trinajstić information content (AvgIpc) is 3.05. The number of benzene rings is 3. The number of piperidine rings is 1. The number of pyridine rings is 1. The number of aromatic hydroxyl groups is 1. The van der Waals surface area contributed by atoms with Crippen LogP contribution in [0.2, 0.25) is 0 Å². The van der Waals surface area contributed by atoms with E-state index >= 15 is 4.39 Å². The van der Waals surface area contributed by atoms with Gasteiger partial charge in [0.2, 0.25) is 0 Å². The van der Waals surface area contributed by atoms with E-state index in [2.05, 4.69) is 10.3 Å². The lowest BCUT2D eigenvalue weighted by Crippen LogP contribution is -2.41. The molecule has 0 bridgehead atoms. The van der Waals surface area contributed by atoms with Gasteiger partial charge in [0.1, 0.15) is 5.75 Å². The maximum absolute atomic E-state index is 15.5. The molecule has 2 amide bonds. The van der Waals surface area contributed by atoms with E-state index < -0.39 is 17.6 Å². The Kier molecular flexibility index (Phi) is 9.83. The van der Waals surface area contributed by atoms with Crippen LogP contribution in [0.5, 0.6) is 34.5 Å². The van der Waals surface area contributed by atoms with Crippen LogP contribution in [-0.4, -0.2) is 62.4 Å². The highest BCUT2D eigenvalue weighted by molar-refractivity contribution is 6.39. The summed E-state index contributed by atoms with van der Waals surface area (Å²) in [6, 6.07) is 13.8. The third kappa shape index (κ3) is 7.35. The minimum atomic E-state index is -1.18. The van der Waals surface area contributed by atoms with Crippen molar-refractivity contribution in [1.82, 2.24) is 10.3 Å². The monoisotopic (exact) mass is 618 g/mol. The second-order valence-corrected chi connectivity index (χ2v) is 10.6. The molecule has 11 nitrogen and oxygen atoms in total. The molecule has 0 atom stereocenters. The van der Waals surface area contributed by atoms with Crippen molar-refractivity contribution in [2.75, 3.05) is 45.4 Å². The Balaban J connectivity index is 1.36. The van der Waals surface area contributed by atoms with Gasteiger partial charge in [-0.3, -0.25) is 14.6 Å². The molecule has 1 fully saturated rings. The molecule has 1 saturated heterocycles. The van der Waals surface area contributed by atoms with Crippen LogP contribution >= 0.6 is 0 Å². The standard InChI is InChI=1S/C33H35FN4O7/c1-42-29-15-20(3-5-26(29)39)10-14-38(33(41)32(35)40)22-4-6-28(24(34)16-22)45-27-9-13-37-25-18-31(30(43-2)17-23(25)27)44-19-21-7-11-36-12-8-21/h3-6,9,13,15-18,21,36,39H,7-8,10-12,14,19H2,1-2H3,(H2,35,40). The summed E-state index contributed by atoms with van der Waals surface area (Å²) >= 11 is 0. The summed E-state index contributed by atoms with van der Waals surface area (Å²) in [4.78, 5) is 30.1. The molecule has 2 heterocycles. The number of carbonyl (C=O) groups is 2. The van der Waals surface area contributed by atoms with Crippen molar-refractivity contribution in [3.63, 3.8) is 0 Å². The minimum Gasteiger partial charge on any atom is -0.504 e. The number of aromatic nitrogens is 1. The van der Waals surface area contributed by atoms with E-state index in [1.54, 1.807) is 43.6 Å². The highest BCUT2D eigenvalue weighted by atomic mass is 19.1. The van der Waals surface area contributed by atoms with E-state index in [4.69, 9.17) is 24.7 Å². The lowest BCUT2D eigenvalue weighted by Gasteiger charge is -2.23. The Morgan fingerprint density at radius 3 is 2.47 bits per heavy atom. The summed E-state index contributed by atoms with van der Waals surface area (Å²) < 4.78 is 38.3. The molecule has 1 aromatic heterocycles. The van der Waals surface area contributed by atoms with Crippen LogP contribution < -0.4 is 34.9 Å². The van der Waals surface area contributed by atoms with Crippen LogP contribution in [0, 0.1) is 11.7 Å². The maximum Gasteiger partial charge on any atom is 0.316 e. The van der Waals surface area contributed by atoms with Gasteiger partial charge in [0, 0.05) is 35.9 Å². The lowest BCUT2D eigenvalue weighted by molar-refractivity contribution is -0.135. The summed E-state index contributed by atoms with van der Waals surface area (Å²) in [5.74, 6) is -0.987. The highest BCUT2D eigenvalue weighted by Crippen LogP contribution is 2.38. The molecular weight excluding hydrogens is 583 g/mol. The van der Waals surface area contributed by atoms with Gasteiger partial charge in [-0.15, -0.1) is 0 Å². The van der Waals surface area contributed by atoms with Crippen LogP contribution in [0.4, 0.5) is 10.1 Å². The number of fused-ring (bicyclic) bond motifs is 1. The van der Waals surface area contributed by atoms with Crippen molar-refractivity contribution in [2.45, 2.75) is 19.3 Å². The Hall–Kier alpha value is -5.10. The number of hydrogen-bond donors (Lipinski definition) is 3. The van der Waals surface area contributed by atoms with Gasteiger partial charge in [-0.25, -0.2) is 4.39 Å². The number of hydrogen-bond acceptors (Lipinski definition) is 9. The molecule has 1 aliphatic heterocycles. The molecule has 45 heavy (non-hydrogen) atoms. The minimum absolute atomic E-state index is 0.00612. The molecule has 0 radical (unpaired) electrons. The van der Waals surface area contributed by atoms with Crippen molar-refractivity contribution >= 4 is 28.4 Å². The van der Waals surface area contributed by atoms with E-state index in [0.717, 1.165) is 36.9 Å². The van der Waals surface area contributed by atoms with Crippen molar-refractivity contribution in [1.29, 1.82) is 0 Å². The number of amides is 2. The van der Waals surface area contributed by atoms with E-state index in [0.29, 0.717) is 46.2 Å². The fourth-order valence-corrected chi connectivity index (χ4v) is 5.20. The fourth-order valence-electron chi connectivity index (χ4n) is 5.20. The number of carbonyl (C=O) groups excluding carboxylic acids is 2. The van der Waals surface area contributed by atoms with E-state index in [9.17, 15) is 14.7 Å². The zero-order chi connectivity index (χ0) is 31.9. The quantitative estimate of drug-likeness (QED) is 0.209. The first-order valence-electron chi connectivity index (χ1n) is 14.5. The van der Waals surface area contributed by atoms with Crippen molar-refractivity contribution in [3.05, 3.63) is 72.2 Å². The SMILES string of the molecule is COc1cc(CCN(C(=O)C(N)=O)c2ccc(Oc3ccnc4cc(OCC5CCNCC5)c(OC)cc34)c(F)c2)ccc1O. The first-order valence-corrected chi connectivity index (χ1v) is 14.5. The largest absolute Gasteiger partial charge is 0.504 e. The molecule has 0 saturated carbocycles. The Labute approximate surface area is 259 Å². The van der Waals surface area contributed by atoms with Crippen molar-refractivity contribution in [2.24, 2.45) is 11.7 Å². The summed E-state index contributed by atoms with van der Waals surface area (Å²) in [5, 5.41) is 13.8. The number of methoxy groups -OCH3 is 2. The van der Waals surface area contributed by atoms with E-state index in [-0.39, 0.29) is 35.9 Å². The normalized spacial score (nSPS) is 13.3. The number of halogens is 1. The third-order valence-electron chi connectivity index (χ3n) is 7.69. The van der Waals surface area contributed by atoms with Crippen LogP contribution in [-0.2, 0) is 16.0 Å².